The number of nitrogens with one attached hydrogen (secondary N) is 1. The SMILES string of the molecule is C#CC(C)NCc1cc(F)c(F)cc1F. The van der Waals surface area contributed by atoms with Crippen LogP contribution < -0.4 is 5.32 Å². The van der Waals surface area contributed by atoms with E-state index in [1.165, 1.54) is 0 Å². The van der Waals surface area contributed by atoms with Crippen molar-refractivity contribution >= 4 is 0 Å². The zero-order valence-corrected chi connectivity index (χ0v) is 8.15. The van der Waals surface area contributed by atoms with E-state index in [4.69, 9.17) is 6.42 Å². The lowest BCUT2D eigenvalue weighted by Gasteiger charge is -2.08. The van der Waals surface area contributed by atoms with E-state index in [-0.39, 0.29) is 18.2 Å². The van der Waals surface area contributed by atoms with Crippen LogP contribution in [0.1, 0.15) is 12.5 Å². The summed E-state index contributed by atoms with van der Waals surface area (Å²) in [6.07, 6.45) is 5.09. The van der Waals surface area contributed by atoms with E-state index < -0.39 is 17.5 Å². The number of terminal acetylenes is 1. The highest BCUT2D eigenvalue weighted by Gasteiger charge is 2.09. The Bertz CT molecular complexity index is 396. The second-order valence-electron chi connectivity index (χ2n) is 3.13. The Labute approximate surface area is 86.3 Å². The van der Waals surface area contributed by atoms with Gasteiger partial charge in [-0.3, -0.25) is 5.32 Å². The maximum Gasteiger partial charge on any atom is 0.161 e. The second-order valence-corrected chi connectivity index (χ2v) is 3.13. The largest absolute Gasteiger partial charge is 0.300 e. The van der Waals surface area contributed by atoms with Crippen LogP contribution in [0.3, 0.4) is 0 Å². The number of benzene rings is 1. The van der Waals surface area contributed by atoms with Crippen molar-refractivity contribution in [2.75, 3.05) is 0 Å². The monoisotopic (exact) mass is 213 g/mol. The van der Waals surface area contributed by atoms with Gasteiger partial charge in [0.2, 0.25) is 0 Å². The van der Waals surface area contributed by atoms with Crippen LogP contribution in [0.2, 0.25) is 0 Å². The minimum Gasteiger partial charge on any atom is -0.300 e. The third-order valence-electron chi connectivity index (χ3n) is 1.94. The lowest BCUT2D eigenvalue weighted by Crippen LogP contribution is -2.24. The standard InChI is InChI=1S/C11H10F3N/c1-3-7(2)15-6-8-4-10(13)11(14)5-9(8)12/h1,4-5,7,15H,6H2,2H3. The third-order valence-corrected chi connectivity index (χ3v) is 1.94. The summed E-state index contributed by atoms with van der Waals surface area (Å²) in [5, 5.41) is 2.77. The van der Waals surface area contributed by atoms with Crippen LogP contribution in [0.4, 0.5) is 13.2 Å². The topological polar surface area (TPSA) is 12.0 Å². The number of hydrogen-bond donors (Lipinski definition) is 1. The van der Waals surface area contributed by atoms with Crippen molar-refractivity contribution in [3.05, 3.63) is 35.1 Å². The highest BCUT2D eigenvalue weighted by Crippen LogP contribution is 2.13. The summed E-state index contributed by atoms with van der Waals surface area (Å²) in [7, 11) is 0. The van der Waals surface area contributed by atoms with Gasteiger partial charge in [-0.25, -0.2) is 13.2 Å². The predicted octanol–water partition coefficient (Wildman–Crippen LogP) is 2.22. The van der Waals surface area contributed by atoms with E-state index in [0.29, 0.717) is 6.07 Å². The Balaban J connectivity index is 2.78. The first-order valence-corrected chi connectivity index (χ1v) is 4.37. The van der Waals surface area contributed by atoms with Crippen molar-refractivity contribution in [2.45, 2.75) is 19.5 Å². The highest BCUT2D eigenvalue weighted by molar-refractivity contribution is 5.20. The molecule has 1 aromatic carbocycles. The summed E-state index contributed by atoms with van der Waals surface area (Å²) in [6.45, 7) is 1.77. The molecule has 0 radical (unpaired) electrons. The van der Waals surface area contributed by atoms with Crippen LogP contribution in [-0.2, 0) is 6.54 Å². The zero-order valence-electron chi connectivity index (χ0n) is 8.15. The molecule has 0 heterocycles. The fraction of sp³-hybridized carbons (Fsp3) is 0.273. The van der Waals surface area contributed by atoms with E-state index in [9.17, 15) is 13.2 Å². The van der Waals surface area contributed by atoms with E-state index in [2.05, 4.69) is 11.2 Å². The Morgan fingerprint density at radius 1 is 1.27 bits per heavy atom. The smallest absolute Gasteiger partial charge is 0.161 e. The molecule has 15 heavy (non-hydrogen) atoms. The molecule has 0 saturated heterocycles. The van der Waals surface area contributed by atoms with Gasteiger partial charge in [-0.15, -0.1) is 6.42 Å². The van der Waals surface area contributed by atoms with Crippen LogP contribution in [0.25, 0.3) is 0 Å². The summed E-state index contributed by atoms with van der Waals surface area (Å²) in [6, 6.07) is 1.09. The van der Waals surface area contributed by atoms with E-state index >= 15 is 0 Å². The molecule has 1 nitrogen and oxygen atoms in total. The average molecular weight is 213 g/mol. The lowest BCUT2D eigenvalue weighted by atomic mass is 10.2. The van der Waals surface area contributed by atoms with Crippen molar-refractivity contribution in [1.29, 1.82) is 0 Å². The lowest BCUT2D eigenvalue weighted by molar-refractivity contribution is 0.486. The van der Waals surface area contributed by atoms with Crippen LogP contribution in [0.15, 0.2) is 12.1 Å². The van der Waals surface area contributed by atoms with Gasteiger partial charge in [0.15, 0.2) is 11.6 Å². The van der Waals surface area contributed by atoms with Gasteiger partial charge in [-0.2, -0.15) is 0 Å². The summed E-state index contributed by atoms with van der Waals surface area (Å²) < 4.78 is 38.4. The quantitative estimate of drug-likeness (QED) is 0.599. The highest BCUT2D eigenvalue weighted by atomic mass is 19.2. The van der Waals surface area contributed by atoms with Crippen molar-refractivity contribution in [3.63, 3.8) is 0 Å². The molecule has 0 bridgehead atoms. The Morgan fingerprint density at radius 2 is 1.87 bits per heavy atom. The molecule has 4 heteroatoms. The number of rotatable bonds is 3. The van der Waals surface area contributed by atoms with Crippen molar-refractivity contribution in [2.24, 2.45) is 0 Å². The second kappa shape index (κ2) is 4.85. The first kappa shape index (κ1) is 11.6. The molecule has 1 aromatic rings. The molecule has 1 N–H and O–H groups in total. The molecule has 1 rings (SSSR count). The van der Waals surface area contributed by atoms with Gasteiger partial charge in [-0.1, -0.05) is 5.92 Å². The normalized spacial score (nSPS) is 12.2. The molecule has 0 aliphatic carbocycles. The summed E-state index contributed by atoms with van der Waals surface area (Å²) in [5.74, 6) is -0.669. The molecule has 0 amide bonds. The third kappa shape index (κ3) is 3.00. The van der Waals surface area contributed by atoms with Crippen LogP contribution >= 0.6 is 0 Å². The molecule has 0 aliphatic heterocycles. The predicted molar refractivity (Wildman–Crippen MR) is 51.5 cm³/mol. The molecule has 0 saturated carbocycles. The summed E-state index contributed by atoms with van der Waals surface area (Å²) in [5.41, 5.74) is 0.0519. The minimum atomic E-state index is -1.19. The van der Waals surface area contributed by atoms with E-state index in [1.54, 1.807) is 6.92 Å². The van der Waals surface area contributed by atoms with Crippen LogP contribution in [0, 0.1) is 29.8 Å². The Morgan fingerprint density at radius 3 is 2.47 bits per heavy atom. The molecule has 1 atom stereocenters. The fourth-order valence-corrected chi connectivity index (χ4v) is 1.02. The van der Waals surface area contributed by atoms with Gasteiger partial charge in [0.1, 0.15) is 5.82 Å². The number of halogens is 3. The fourth-order valence-electron chi connectivity index (χ4n) is 1.02. The Hall–Kier alpha value is -1.47. The molecule has 0 fully saturated rings. The molecule has 80 valence electrons. The maximum absolute atomic E-state index is 13.1. The van der Waals surface area contributed by atoms with Crippen molar-refractivity contribution in [1.82, 2.24) is 5.32 Å². The molecular weight excluding hydrogens is 203 g/mol. The first-order chi connectivity index (χ1) is 7.04. The van der Waals surface area contributed by atoms with Gasteiger partial charge in [0.25, 0.3) is 0 Å². The van der Waals surface area contributed by atoms with Crippen LogP contribution in [0.5, 0.6) is 0 Å². The Kier molecular flexibility index (Phi) is 3.75. The molecule has 0 aliphatic rings. The molecule has 1 unspecified atom stereocenters. The molecule has 0 aromatic heterocycles. The van der Waals surface area contributed by atoms with Crippen LogP contribution in [-0.4, -0.2) is 6.04 Å². The van der Waals surface area contributed by atoms with Gasteiger partial charge < -0.3 is 0 Å². The van der Waals surface area contributed by atoms with Crippen molar-refractivity contribution < 1.29 is 13.2 Å². The zero-order chi connectivity index (χ0) is 11.4. The van der Waals surface area contributed by atoms with Gasteiger partial charge in [-0.05, 0) is 13.0 Å². The number of hydrogen-bond acceptors (Lipinski definition) is 1. The van der Waals surface area contributed by atoms with Gasteiger partial charge in [0.05, 0.1) is 6.04 Å². The van der Waals surface area contributed by atoms with E-state index in [1.807, 2.05) is 0 Å². The molecule has 0 spiro atoms. The summed E-state index contributed by atoms with van der Waals surface area (Å²) >= 11 is 0. The van der Waals surface area contributed by atoms with Gasteiger partial charge in [0, 0.05) is 18.2 Å². The molecular formula is C11H10F3N. The van der Waals surface area contributed by atoms with Crippen molar-refractivity contribution in [3.8, 4) is 12.3 Å². The summed E-state index contributed by atoms with van der Waals surface area (Å²) in [4.78, 5) is 0. The average Bonchev–Trinajstić information content (AvgIpc) is 2.21. The van der Waals surface area contributed by atoms with E-state index in [0.717, 1.165) is 6.07 Å². The first-order valence-electron chi connectivity index (χ1n) is 4.37. The maximum atomic E-state index is 13.1. The minimum absolute atomic E-state index is 0.0519. The van der Waals surface area contributed by atoms with Gasteiger partial charge >= 0.3 is 0 Å².